The summed E-state index contributed by atoms with van der Waals surface area (Å²) >= 11 is 0. The smallest absolute Gasteiger partial charge is 0.361 e. The van der Waals surface area contributed by atoms with Gasteiger partial charge >= 0.3 is 6.18 Å². The highest BCUT2D eigenvalue weighted by molar-refractivity contribution is 7.90. The summed E-state index contributed by atoms with van der Waals surface area (Å²) < 4.78 is 77.1. The third-order valence-electron chi connectivity index (χ3n) is 4.07. The number of sulfone groups is 1. The third-order valence-corrected chi connectivity index (χ3v) is 5.20. The highest BCUT2D eigenvalue weighted by atomic mass is 32.2. The van der Waals surface area contributed by atoms with E-state index in [0.717, 1.165) is 17.2 Å². The van der Waals surface area contributed by atoms with Gasteiger partial charge < -0.3 is 10.0 Å². The number of nitrogens with zero attached hydrogens (tertiary/aromatic N) is 2. The van der Waals surface area contributed by atoms with Crippen molar-refractivity contribution in [2.24, 2.45) is 4.99 Å². The van der Waals surface area contributed by atoms with E-state index < -0.39 is 39.9 Å². The molecule has 0 saturated heterocycles. The van der Waals surface area contributed by atoms with Crippen molar-refractivity contribution in [2.45, 2.75) is 16.8 Å². The minimum atomic E-state index is -5.08. The normalized spacial score (nSPS) is 20.7. The lowest BCUT2D eigenvalue weighted by molar-refractivity contribution is -0.249. The molecule has 3 rings (SSSR count). The van der Waals surface area contributed by atoms with Gasteiger partial charge in [-0.3, -0.25) is 0 Å². The van der Waals surface area contributed by atoms with Gasteiger partial charge in [0.25, 0.3) is 5.72 Å². The molecule has 144 valence electrons. The largest absolute Gasteiger partial charge is 0.440 e. The Morgan fingerprint density at radius 3 is 2.22 bits per heavy atom. The fourth-order valence-electron chi connectivity index (χ4n) is 2.65. The van der Waals surface area contributed by atoms with Crippen LogP contribution in [0.15, 0.2) is 58.4 Å². The number of anilines is 1. The van der Waals surface area contributed by atoms with Gasteiger partial charge in [-0.2, -0.15) is 13.2 Å². The lowest BCUT2D eigenvalue weighted by atomic mass is 10.1. The van der Waals surface area contributed by atoms with Crippen LogP contribution in [0.5, 0.6) is 0 Å². The number of hydrogen-bond acceptors (Lipinski definition) is 5. The zero-order valence-corrected chi connectivity index (χ0v) is 14.7. The molecule has 1 N–H and O–H groups in total. The molecule has 0 saturated carbocycles. The van der Waals surface area contributed by atoms with Crippen molar-refractivity contribution >= 4 is 21.4 Å². The Hall–Kier alpha value is -2.46. The van der Waals surface area contributed by atoms with Crippen LogP contribution in [0.3, 0.4) is 0 Å². The van der Waals surface area contributed by atoms with Gasteiger partial charge in [-0.25, -0.2) is 17.8 Å². The lowest BCUT2D eigenvalue weighted by Gasteiger charge is -2.25. The van der Waals surface area contributed by atoms with Crippen LogP contribution in [0.25, 0.3) is 0 Å². The van der Waals surface area contributed by atoms with Crippen LogP contribution < -0.4 is 4.90 Å². The van der Waals surface area contributed by atoms with Crippen LogP contribution in [0.1, 0.15) is 5.56 Å². The van der Waals surface area contributed by atoms with E-state index in [1.807, 2.05) is 0 Å². The molecule has 0 radical (unpaired) electrons. The molecular weight excluding hydrogens is 388 g/mol. The lowest BCUT2D eigenvalue weighted by Crippen LogP contribution is -2.47. The molecule has 0 aliphatic carbocycles. The third kappa shape index (κ3) is 3.54. The average molecular weight is 402 g/mol. The Labute approximate surface area is 152 Å². The number of amidine groups is 1. The second-order valence-corrected chi connectivity index (χ2v) is 8.10. The zero-order valence-electron chi connectivity index (χ0n) is 13.9. The molecule has 0 amide bonds. The Morgan fingerprint density at radius 1 is 1.11 bits per heavy atom. The maximum absolute atomic E-state index is 14.1. The van der Waals surface area contributed by atoms with Gasteiger partial charge in [-0.05, 0) is 36.4 Å². The summed E-state index contributed by atoms with van der Waals surface area (Å²) in [4.78, 5) is 4.34. The topological polar surface area (TPSA) is 70.0 Å². The summed E-state index contributed by atoms with van der Waals surface area (Å²) in [5.41, 5.74) is -3.51. The molecule has 10 heteroatoms. The highest BCUT2D eigenvalue weighted by Crippen LogP contribution is 2.39. The maximum Gasteiger partial charge on any atom is 0.440 e. The number of benzene rings is 2. The molecule has 1 aliphatic heterocycles. The summed E-state index contributed by atoms with van der Waals surface area (Å²) in [7, 11) is -3.50. The number of rotatable bonds is 3. The second kappa shape index (κ2) is 6.31. The van der Waals surface area contributed by atoms with Crippen molar-refractivity contribution in [3.05, 3.63) is 59.9 Å². The van der Waals surface area contributed by atoms with E-state index in [2.05, 4.69) is 4.99 Å². The summed E-state index contributed by atoms with van der Waals surface area (Å²) in [6, 6.07) is 10.1. The molecule has 1 heterocycles. The van der Waals surface area contributed by atoms with Gasteiger partial charge in [0, 0.05) is 11.9 Å². The van der Waals surface area contributed by atoms with E-state index in [1.54, 1.807) is 0 Å². The number of aliphatic hydroxyl groups is 1. The van der Waals surface area contributed by atoms with E-state index in [-0.39, 0.29) is 16.1 Å². The van der Waals surface area contributed by atoms with Crippen molar-refractivity contribution in [1.82, 2.24) is 0 Å². The molecule has 1 aliphatic rings. The summed E-state index contributed by atoms with van der Waals surface area (Å²) in [5.74, 6) is -1.21. The van der Waals surface area contributed by atoms with Gasteiger partial charge in [0.2, 0.25) is 0 Å². The Kier molecular flexibility index (Phi) is 4.51. The minimum absolute atomic E-state index is 0.0269. The predicted octanol–water partition coefficient (Wildman–Crippen LogP) is 2.75. The molecule has 0 spiro atoms. The molecule has 0 bridgehead atoms. The Bertz CT molecular complexity index is 1000. The Morgan fingerprint density at radius 2 is 1.70 bits per heavy atom. The van der Waals surface area contributed by atoms with Gasteiger partial charge in [-0.1, -0.05) is 12.1 Å². The van der Waals surface area contributed by atoms with Crippen LogP contribution in [-0.4, -0.2) is 44.1 Å². The molecule has 2 aromatic carbocycles. The van der Waals surface area contributed by atoms with Gasteiger partial charge in [0.1, 0.15) is 11.7 Å². The van der Waals surface area contributed by atoms with E-state index in [0.29, 0.717) is 0 Å². The van der Waals surface area contributed by atoms with E-state index in [4.69, 9.17) is 0 Å². The molecule has 2 aromatic rings. The first kappa shape index (κ1) is 19.3. The summed E-state index contributed by atoms with van der Waals surface area (Å²) in [5, 5.41) is 9.99. The van der Waals surface area contributed by atoms with Gasteiger partial charge in [0.15, 0.2) is 9.84 Å². The quantitative estimate of drug-likeness (QED) is 0.802. The second-order valence-electron chi connectivity index (χ2n) is 6.08. The maximum atomic E-state index is 14.1. The first-order valence-electron chi connectivity index (χ1n) is 7.64. The van der Waals surface area contributed by atoms with Crippen molar-refractivity contribution < 1.29 is 31.1 Å². The number of alkyl halides is 3. The molecule has 0 fully saturated rings. The first-order valence-corrected chi connectivity index (χ1v) is 9.53. The van der Waals surface area contributed by atoms with Crippen LogP contribution in [-0.2, 0) is 9.84 Å². The molecular formula is C17H14F4N2O3S. The summed E-state index contributed by atoms with van der Waals surface area (Å²) in [6.07, 6.45) is -4.09. The highest BCUT2D eigenvalue weighted by Gasteiger charge is 2.59. The number of β-amino-alcohol motifs (C(OH)–C–C–N with tert-alkyl or cyclic N) is 1. The predicted molar refractivity (Wildman–Crippen MR) is 90.8 cm³/mol. The van der Waals surface area contributed by atoms with Crippen molar-refractivity contribution in [2.75, 3.05) is 17.7 Å². The van der Waals surface area contributed by atoms with Crippen molar-refractivity contribution in [1.29, 1.82) is 0 Å². The molecule has 1 atom stereocenters. The van der Waals surface area contributed by atoms with Crippen LogP contribution in [0, 0.1) is 5.82 Å². The number of halogens is 4. The Balaban J connectivity index is 2.11. The molecule has 5 nitrogen and oxygen atoms in total. The molecule has 27 heavy (non-hydrogen) atoms. The van der Waals surface area contributed by atoms with Gasteiger partial charge in [0.05, 0.1) is 17.0 Å². The zero-order chi connectivity index (χ0) is 20.0. The molecule has 1 unspecified atom stereocenters. The fourth-order valence-corrected chi connectivity index (χ4v) is 3.28. The van der Waals surface area contributed by atoms with Crippen molar-refractivity contribution in [3.8, 4) is 0 Å². The minimum Gasteiger partial charge on any atom is -0.361 e. The number of hydrogen-bond donors (Lipinski definition) is 1. The first-order chi connectivity index (χ1) is 12.4. The summed E-state index contributed by atoms with van der Waals surface area (Å²) in [6.45, 7) is -0.988. The SMILES string of the molecule is CS(=O)(=O)c1ccc(N2CC(O)(C(F)(F)F)N=C2c2ccccc2F)cc1. The van der Waals surface area contributed by atoms with Crippen LogP contribution in [0.4, 0.5) is 23.2 Å². The van der Waals surface area contributed by atoms with Crippen LogP contribution in [0.2, 0.25) is 0 Å². The van der Waals surface area contributed by atoms with E-state index in [9.17, 15) is 31.1 Å². The van der Waals surface area contributed by atoms with E-state index in [1.165, 1.54) is 42.5 Å². The number of aliphatic imine (C=N–C) groups is 1. The fraction of sp³-hybridized carbons (Fsp3) is 0.235. The molecule has 0 aromatic heterocycles. The van der Waals surface area contributed by atoms with Crippen molar-refractivity contribution in [3.63, 3.8) is 0 Å². The van der Waals surface area contributed by atoms with E-state index >= 15 is 0 Å². The van der Waals surface area contributed by atoms with Gasteiger partial charge in [-0.15, -0.1) is 0 Å². The average Bonchev–Trinajstić information content (AvgIpc) is 2.93. The monoisotopic (exact) mass is 402 g/mol. The van der Waals surface area contributed by atoms with Crippen LogP contribution >= 0.6 is 0 Å². The standard InChI is InChI=1S/C17H14F4N2O3S/c1-27(25,26)12-8-6-11(7-9-12)23-10-16(24,17(19,20)21)22-15(23)13-4-2-3-5-14(13)18/h2-9,24H,10H2,1H3.